The van der Waals surface area contributed by atoms with E-state index in [0.29, 0.717) is 12.8 Å². The predicted octanol–water partition coefficient (Wildman–Crippen LogP) is 5.03. The lowest BCUT2D eigenvalue weighted by atomic mass is 10.3. The van der Waals surface area contributed by atoms with Crippen molar-refractivity contribution in [3.63, 3.8) is 0 Å². The molecule has 0 aromatic heterocycles. The number of hydrogen-bond acceptors (Lipinski definition) is 3. The van der Waals surface area contributed by atoms with Crippen LogP contribution in [-0.4, -0.2) is 17.3 Å². The Hall–Kier alpha value is -1.77. The molecule has 0 saturated heterocycles. The lowest BCUT2D eigenvalue weighted by Crippen LogP contribution is -1.84. The summed E-state index contributed by atoms with van der Waals surface area (Å²) in [7, 11) is 0. The van der Waals surface area contributed by atoms with E-state index >= 15 is 0 Å². The van der Waals surface area contributed by atoms with Crippen molar-refractivity contribution >= 4 is 17.3 Å². The van der Waals surface area contributed by atoms with Gasteiger partial charge < -0.3 is 14.4 Å². The van der Waals surface area contributed by atoms with Gasteiger partial charge in [-0.05, 0) is 27.2 Å². The number of Topliss-reactive ketones (excluding diaryl/α,β-unsaturated/α-hetero) is 3. The molecular weight excluding hydrogens is 276 g/mol. The third-order valence-corrected chi connectivity index (χ3v) is 2.26. The highest BCUT2D eigenvalue weighted by molar-refractivity contribution is 5.75. The molecule has 0 aliphatic heterocycles. The zero-order valence-electron chi connectivity index (χ0n) is 15.0. The molecule has 0 aliphatic rings. The number of carbonyl (C=O) groups excluding carboxylic acids is 3. The fourth-order valence-corrected chi connectivity index (χ4v) is 0.737. The minimum atomic E-state index is 0.255. The molecule has 1 rings (SSSR count). The van der Waals surface area contributed by atoms with Crippen LogP contribution in [0.25, 0.3) is 0 Å². The first-order valence-corrected chi connectivity index (χ1v) is 7.79. The topological polar surface area (TPSA) is 51.2 Å². The number of hydrogen-bond donors (Lipinski definition) is 0. The fraction of sp³-hybridized carbons (Fsp3) is 0.526. The van der Waals surface area contributed by atoms with E-state index in [1.54, 1.807) is 20.8 Å². The Morgan fingerprint density at radius 3 is 0.864 bits per heavy atom. The summed E-state index contributed by atoms with van der Waals surface area (Å²) in [5.74, 6) is 0.799. The zero-order chi connectivity index (χ0) is 17.8. The molecule has 0 unspecified atom stereocenters. The summed E-state index contributed by atoms with van der Waals surface area (Å²) < 4.78 is 0. The second-order valence-corrected chi connectivity index (χ2v) is 4.72. The average Bonchev–Trinajstić information content (AvgIpc) is 2.50. The maximum absolute atomic E-state index is 10.0. The van der Waals surface area contributed by atoms with Crippen molar-refractivity contribution < 1.29 is 14.4 Å². The highest BCUT2D eigenvalue weighted by atomic mass is 16.1. The Kier molecular flexibility index (Phi) is 24.7. The molecule has 3 heteroatoms. The molecule has 0 heterocycles. The summed E-state index contributed by atoms with van der Waals surface area (Å²) >= 11 is 0. The highest BCUT2D eigenvalue weighted by Crippen LogP contribution is 1.84. The van der Waals surface area contributed by atoms with Crippen LogP contribution in [0.15, 0.2) is 36.4 Å². The molecular formula is C19H32O3. The standard InChI is InChI=1S/C6H6.C5H10O.2C4H8O/c1-2-4-6-5-3-1;1-3-4-5(2)6;2*1-3-4(2)5/h1-6H;3-4H2,1-2H3;2*3H2,1-2H3. The van der Waals surface area contributed by atoms with Crippen molar-refractivity contribution in [2.75, 3.05) is 0 Å². The summed E-state index contributed by atoms with van der Waals surface area (Å²) in [5, 5.41) is 0. The summed E-state index contributed by atoms with van der Waals surface area (Å²) in [5.41, 5.74) is 0. The van der Waals surface area contributed by atoms with Gasteiger partial charge in [-0.3, -0.25) is 0 Å². The molecule has 0 atom stereocenters. The lowest BCUT2D eigenvalue weighted by Gasteiger charge is -1.80. The van der Waals surface area contributed by atoms with Gasteiger partial charge in [0, 0.05) is 19.3 Å². The SMILES string of the molecule is CCC(C)=O.CCC(C)=O.CCCC(C)=O.c1ccccc1. The molecule has 0 spiro atoms. The van der Waals surface area contributed by atoms with Crippen LogP contribution in [0.5, 0.6) is 0 Å². The molecule has 1 aromatic rings. The highest BCUT2D eigenvalue weighted by Gasteiger charge is 1.83. The minimum Gasteiger partial charge on any atom is -0.300 e. The van der Waals surface area contributed by atoms with Crippen LogP contribution in [0.3, 0.4) is 0 Å². The lowest BCUT2D eigenvalue weighted by molar-refractivity contribution is -0.117. The molecule has 3 nitrogen and oxygen atoms in total. The molecule has 0 bridgehead atoms. The molecule has 126 valence electrons. The van der Waals surface area contributed by atoms with Crippen LogP contribution in [0.2, 0.25) is 0 Å². The quantitative estimate of drug-likeness (QED) is 0.783. The van der Waals surface area contributed by atoms with Gasteiger partial charge >= 0.3 is 0 Å². The second kappa shape index (κ2) is 21.5. The molecule has 0 saturated carbocycles. The predicted molar refractivity (Wildman–Crippen MR) is 94.0 cm³/mol. The van der Waals surface area contributed by atoms with E-state index in [9.17, 15) is 14.4 Å². The van der Waals surface area contributed by atoms with Gasteiger partial charge in [0.25, 0.3) is 0 Å². The first kappa shape index (κ1) is 25.2. The Morgan fingerprint density at radius 2 is 0.818 bits per heavy atom. The molecule has 0 N–H and O–H groups in total. The maximum Gasteiger partial charge on any atom is 0.129 e. The number of ketones is 3. The van der Waals surface area contributed by atoms with E-state index in [1.165, 1.54) is 0 Å². The van der Waals surface area contributed by atoms with Gasteiger partial charge in [0.1, 0.15) is 17.3 Å². The van der Waals surface area contributed by atoms with E-state index in [1.807, 2.05) is 57.2 Å². The fourth-order valence-electron chi connectivity index (χ4n) is 0.737. The van der Waals surface area contributed by atoms with Crippen molar-refractivity contribution in [3.8, 4) is 0 Å². The van der Waals surface area contributed by atoms with Gasteiger partial charge in [0.2, 0.25) is 0 Å². The third kappa shape index (κ3) is 42.9. The van der Waals surface area contributed by atoms with E-state index < -0.39 is 0 Å². The van der Waals surface area contributed by atoms with Crippen LogP contribution in [-0.2, 0) is 14.4 Å². The number of rotatable bonds is 4. The largest absolute Gasteiger partial charge is 0.300 e. The monoisotopic (exact) mass is 308 g/mol. The molecule has 22 heavy (non-hydrogen) atoms. The van der Waals surface area contributed by atoms with Crippen molar-refractivity contribution in [3.05, 3.63) is 36.4 Å². The minimum absolute atomic E-state index is 0.255. The van der Waals surface area contributed by atoms with Crippen molar-refractivity contribution in [2.45, 2.75) is 67.2 Å². The first-order chi connectivity index (χ1) is 10.3. The van der Waals surface area contributed by atoms with E-state index in [-0.39, 0.29) is 17.3 Å². The molecule has 0 aliphatic carbocycles. The van der Waals surface area contributed by atoms with Gasteiger partial charge in [-0.15, -0.1) is 0 Å². The Bertz CT molecular complexity index is 329. The molecule has 1 aromatic carbocycles. The van der Waals surface area contributed by atoms with Crippen molar-refractivity contribution in [1.82, 2.24) is 0 Å². The van der Waals surface area contributed by atoms with Crippen molar-refractivity contribution in [1.29, 1.82) is 0 Å². The van der Waals surface area contributed by atoms with E-state index in [0.717, 1.165) is 12.8 Å². The smallest absolute Gasteiger partial charge is 0.129 e. The maximum atomic E-state index is 10.0. The average molecular weight is 308 g/mol. The molecule has 0 radical (unpaired) electrons. The summed E-state index contributed by atoms with van der Waals surface area (Å²) in [6.45, 7) is 10.5. The zero-order valence-corrected chi connectivity index (χ0v) is 15.0. The molecule has 0 amide bonds. The molecule has 0 fully saturated rings. The third-order valence-electron chi connectivity index (χ3n) is 2.26. The van der Waals surface area contributed by atoms with Gasteiger partial charge in [-0.2, -0.15) is 0 Å². The van der Waals surface area contributed by atoms with Crippen LogP contribution >= 0.6 is 0 Å². The summed E-state index contributed by atoms with van der Waals surface area (Å²) in [4.78, 5) is 29.7. The van der Waals surface area contributed by atoms with E-state index in [4.69, 9.17) is 0 Å². The van der Waals surface area contributed by atoms with Crippen molar-refractivity contribution in [2.24, 2.45) is 0 Å². The van der Waals surface area contributed by atoms with E-state index in [2.05, 4.69) is 0 Å². The normalized spacial score (nSPS) is 7.91. The van der Waals surface area contributed by atoms with Crippen LogP contribution < -0.4 is 0 Å². The van der Waals surface area contributed by atoms with Gasteiger partial charge in [-0.25, -0.2) is 0 Å². The van der Waals surface area contributed by atoms with Gasteiger partial charge in [0.15, 0.2) is 0 Å². The second-order valence-electron chi connectivity index (χ2n) is 4.72. The van der Waals surface area contributed by atoms with Gasteiger partial charge in [0.05, 0.1) is 0 Å². The summed E-state index contributed by atoms with van der Waals surface area (Å²) in [6, 6.07) is 12.0. The Labute approximate surface area is 136 Å². The van der Waals surface area contributed by atoms with Gasteiger partial charge in [-0.1, -0.05) is 57.2 Å². The number of benzene rings is 1. The van der Waals surface area contributed by atoms with Crippen LogP contribution in [0.1, 0.15) is 67.2 Å². The van der Waals surface area contributed by atoms with Crippen LogP contribution in [0.4, 0.5) is 0 Å². The number of carbonyl (C=O) groups is 3. The first-order valence-electron chi connectivity index (χ1n) is 7.79. The summed E-state index contributed by atoms with van der Waals surface area (Å²) in [6.07, 6.45) is 3.05. The Balaban J connectivity index is -0.000000220. The Morgan fingerprint density at radius 1 is 0.591 bits per heavy atom. The van der Waals surface area contributed by atoms with Crippen LogP contribution in [0, 0.1) is 0 Å².